The van der Waals surface area contributed by atoms with Crippen LogP contribution in [0.1, 0.15) is 22.5 Å². The van der Waals surface area contributed by atoms with Gasteiger partial charge < -0.3 is 15.5 Å². The first-order valence-corrected chi connectivity index (χ1v) is 8.67. The van der Waals surface area contributed by atoms with Crippen LogP contribution in [-0.2, 0) is 0 Å². The van der Waals surface area contributed by atoms with Gasteiger partial charge >= 0.3 is 0 Å². The second-order valence-corrected chi connectivity index (χ2v) is 6.81. The van der Waals surface area contributed by atoms with Crippen LogP contribution in [0.15, 0.2) is 41.0 Å². The first-order valence-electron chi connectivity index (χ1n) is 7.88. The molecule has 0 saturated carbocycles. The fourth-order valence-electron chi connectivity index (χ4n) is 2.17. The zero-order chi connectivity index (χ0) is 17.5. The highest BCUT2D eigenvalue weighted by Crippen LogP contribution is 2.23. The van der Waals surface area contributed by atoms with Crippen LogP contribution in [0.25, 0.3) is 0 Å². The highest BCUT2D eigenvalue weighted by atomic mass is 79.9. The van der Waals surface area contributed by atoms with Gasteiger partial charge in [0, 0.05) is 11.0 Å². The summed E-state index contributed by atoms with van der Waals surface area (Å²) in [6.07, 6.45) is 2.74. The fourth-order valence-corrected chi connectivity index (χ4v) is 2.76. The van der Waals surface area contributed by atoms with Gasteiger partial charge in [0.15, 0.2) is 0 Å². The molecule has 128 valence electrons. The number of carbonyl (C=O) groups is 1. The highest BCUT2D eigenvalue weighted by molar-refractivity contribution is 9.10. The number of hydrogen-bond acceptors (Lipinski definition) is 4. The van der Waals surface area contributed by atoms with Gasteiger partial charge in [0.25, 0.3) is 5.91 Å². The number of nitrogens with one attached hydrogen (secondary N) is 2. The summed E-state index contributed by atoms with van der Waals surface area (Å²) in [5.74, 6) is -0.223. The van der Waals surface area contributed by atoms with Crippen LogP contribution in [0.3, 0.4) is 0 Å². The molecule has 0 fully saturated rings. The molecule has 6 heteroatoms. The summed E-state index contributed by atoms with van der Waals surface area (Å²) in [6, 6.07) is 9.39. The van der Waals surface area contributed by atoms with Gasteiger partial charge in [-0.1, -0.05) is 6.07 Å². The molecule has 1 heterocycles. The molecular formula is C18H23BrN4O. The van der Waals surface area contributed by atoms with Gasteiger partial charge in [-0.2, -0.15) is 0 Å². The minimum absolute atomic E-state index is 0.223. The van der Waals surface area contributed by atoms with E-state index in [0.29, 0.717) is 5.69 Å². The van der Waals surface area contributed by atoms with E-state index in [2.05, 4.69) is 50.5 Å². The summed E-state index contributed by atoms with van der Waals surface area (Å²) >= 11 is 3.46. The lowest BCUT2D eigenvalue weighted by Crippen LogP contribution is -2.17. The number of amides is 1. The van der Waals surface area contributed by atoms with E-state index in [4.69, 9.17) is 0 Å². The average molecular weight is 391 g/mol. The quantitative estimate of drug-likeness (QED) is 0.706. The molecule has 2 N–H and O–H groups in total. The Labute approximate surface area is 151 Å². The number of anilines is 2. The van der Waals surface area contributed by atoms with Crippen molar-refractivity contribution >= 4 is 33.2 Å². The number of hydrogen-bond donors (Lipinski definition) is 2. The molecule has 1 amide bonds. The maximum absolute atomic E-state index is 12.3. The largest absolute Gasteiger partial charge is 0.384 e. The van der Waals surface area contributed by atoms with Crippen molar-refractivity contribution in [1.82, 2.24) is 9.88 Å². The van der Waals surface area contributed by atoms with E-state index in [1.54, 1.807) is 12.3 Å². The Balaban J connectivity index is 1.91. The zero-order valence-corrected chi connectivity index (χ0v) is 15.9. The highest BCUT2D eigenvalue weighted by Gasteiger charge is 2.09. The van der Waals surface area contributed by atoms with Crippen molar-refractivity contribution in [3.05, 3.63) is 52.3 Å². The van der Waals surface area contributed by atoms with Gasteiger partial charge in [0.05, 0.1) is 17.6 Å². The van der Waals surface area contributed by atoms with Crippen LogP contribution >= 0.6 is 15.9 Å². The van der Waals surface area contributed by atoms with Gasteiger partial charge in [-0.3, -0.25) is 4.79 Å². The lowest BCUT2D eigenvalue weighted by Gasteiger charge is -2.11. The Morgan fingerprint density at radius 2 is 2.04 bits per heavy atom. The minimum Gasteiger partial charge on any atom is -0.384 e. The number of halogens is 1. The summed E-state index contributed by atoms with van der Waals surface area (Å²) in [7, 11) is 4.11. The summed E-state index contributed by atoms with van der Waals surface area (Å²) in [5, 5.41) is 6.17. The molecule has 0 aliphatic carbocycles. The number of aromatic nitrogens is 1. The van der Waals surface area contributed by atoms with Crippen molar-refractivity contribution in [2.45, 2.75) is 13.3 Å². The second kappa shape index (κ2) is 8.80. The summed E-state index contributed by atoms with van der Waals surface area (Å²) in [4.78, 5) is 18.7. The summed E-state index contributed by atoms with van der Waals surface area (Å²) in [5.41, 5.74) is 3.17. The van der Waals surface area contributed by atoms with Crippen LogP contribution in [0.5, 0.6) is 0 Å². The van der Waals surface area contributed by atoms with Gasteiger partial charge in [-0.15, -0.1) is 0 Å². The van der Waals surface area contributed by atoms with E-state index in [1.807, 2.05) is 31.2 Å². The van der Waals surface area contributed by atoms with Gasteiger partial charge in [0.2, 0.25) is 0 Å². The molecule has 1 aromatic carbocycles. The second-order valence-electron chi connectivity index (χ2n) is 5.95. The Morgan fingerprint density at radius 3 is 2.67 bits per heavy atom. The lowest BCUT2D eigenvalue weighted by atomic mass is 10.2. The van der Waals surface area contributed by atoms with Crippen molar-refractivity contribution in [2.24, 2.45) is 0 Å². The fraction of sp³-hybridized carbons (Fsp3) is 0.333. The van der Waals surface area contributed by atoms with E-state index in [0.717, 1.165) is 40.9 Å². The van der Waals surface area contributed by atoms with Gasteiger partial charge in [0.1, 0.15) is 5.69 Å². The monoisotopic (exact) mass is 390 g/mol. The molecule has 0 saturated heterocycles. The number of carbonyl (C=O) groups excluding carboxylic acids is 1. The van der Waals surface area contributed by atoms with E-state index in [-0.39, 0.29) is 5.91 Å². The van der Waals surface area contributed by atoms with E-state index < -0.39 is 0 Å². The van der Waals surface area contributed by atoms with Crippen LogP contribution in [0.2, 0.25) is 0 Å². The molecule has 0 unspecified atom stereocenters. The molecule has 0 atom stereocenters. The Morgan fingerprint density at radius 1 is 1.25 bits per heavy atom. The Bertz CT molecular complexity index is 686. The average Bonchev–Trinajstić information content (AvgIpc) is 2.54. The Hall–Kier alpha value is -1.92. The molecule has 0 spiro atoms. The Kier molecular flexibility index (Phi) is 6.75. The van der Waals surface area contributed by atoms with Gasteiger partial charge in [-0.05, 0) is 79.7 Å². The van der Waals surface area contributed by atoms with Crippen molar-refractivity contribution in [1.29, 1.82) is 0 Å². The van der Waals surface area contributed by atoms with Crippen LogP contribution in [0.4, 0.5) is 11.4 Å². The van der Waals surface area contributed by atoms with Crippen LogP contribution < -0.4 is 10.6 Å². The van der Waals surface area contributed by atoms with Crippen molar-refractivity contribution < 1.29 is 4.79 Å². The number of pyridine rings is 1. The van der Waals surface area contributed by atoms with Crippen LogP contribution in [0, 0.1) is 6.92 Å². The van der Waals surface area contributed by atoms with Crippen LogP contribution in [-0.4, -0.2) is 43.0 Å². The minimum atomic E-state index is -0.223. The topological polar surface area (TPSA) is 57.3 Å². The maximum atomic E-state index is 12.3. The number of rotatable bonds is 7. The molecular weight excluding hydrogens is 368 g/mol. The standard InChI is InChI=1S/C18H23BrN4O/c1-13-5-7-16(15(19)11-13)22-18(24)17-8-6-14(12-21-17)20-9-4-10-23(2)3/h5-8,11-12,20H,4,9-10H2,1-3H3,(H,22,24). The third-order valence-corrected chi connectivity index (χ3v) is 4.14. The molecule has 0 aliphatic rings. The molecule has 0 bridgehead atoms. The normalized spacial score (nSPS) is 10.7. The summed E-state index contributed by atoms with van der Waals surface area (Å²) < 4.78 is 0.857. The molecule has 2 aromatic rings. The smallest absolute Gasteiger partial charge is 0.274 e. The lowest BCUT2D eigenvalue weighted by molar-refractivity contribution is 0.102. The molecule has 5 nitrogen and oxygen atoms in total. The molecule has 0 radical (unpaired) electrons. The number of benzene rings is 1. The summed E-state index contributed by atoms with van der Waals surface area (Å²) in [6.45, 7) is 3.91. The number of nitrogens with zero attached hydrogens (tertiary/aromatic N) is 2. The van der Waals surface area contributed by atoms with Crippen molar-refractivity contribution in [3.63, 3.8) is 0 Å². The van der Waals surface area contributed by atoms with Crippen molar-refractivity contribution in [3.8, 4) is 0 Å². The van der Waals surface area contributed by atoms with E-state index in [1.165, 1.54) is 0 Å². The van der Waals surface area contributed by atoms with E-state index in [9.17, 15) is 4.79 Å². The maximum Gasteiger partial charge on any atom is 0.274 e. The molecule has 0 aliphatic heterocycles. The molecule has 1 aromatic heterocycles. The predicted octanol–water partition coefficient (Wildman–Crippen LogP) is 3.77. The zero-order valence-electron chi connectivity index (χ0n) is 14.3. The SMILES string of the molecule is Cc1ccc(NC(=O)c2ccc(NCCCN(C)C)cn2)c(Br)c1. The molecule has 24 heavy (non-hydrogen) atoms. The first-order chi connectivity index (χ1) is 11.5. The third-order valence-electron chi connectivity index (χ3n) is 3.48. The predicted molar refractivity (Wildman–Crippen MR) is 103 cm³/mol. The van der Waals surface area contributed by atoms with Crippen molar-refractivity contribution in [2.75, 3.05) is 37.8 Å². The van der Waals surface area contributed by atoms with E-state index >= 15 is 0 Å². The molecule has 2 rings (SSSR count). The van der Waals surface area contributed by atoms with Gasteiger partial charge in [-0.25, -0.2) is 4.98 Å². The third kappa shape index (κ3) is 5.62. The first kappa shape index (κ1) is 18.4. The number of aryl methyl sites for hydroxylation is 1.